The van der Waals surface area contributed by atoms with Gasteiger partial charge in [0.2, 0.25) is 11.8 Å². The Morgan fingerprint density at radius 1 is 0.457 bits per heavy atom. The van der Waals surface area contributed by atoms with E-state index in [2.05, 4.69) is 79.9 Å². The molecule has 0 aliphatic heterocycles. The van der Waals surface area contributed by atoms with Crippen molar-refractivity contribution in [2.75, 3.05) is 0 Å². The maximum atomic E-state index is 12.8. The molecule has 0 aliphatic rings. The second-order valence-electron chi connectivity index (χ2n) is 15.2. The summed E-state index contributed by atoms with van der Waals surface area (Å²) in [5, 5.41) is 6.43. The van der Waals surface area contributed by atoms with Gasteiger partial charge in [-0.05, 0) is 68.6 Å². The number of carbonyl (C=O) groups is 2. The van der Waals surface area contributed by atoms with Gasteiger partial charge in [0.15, 0.2) is 0 Å². The highest BCUT2D eigenvalue weighted by Gasteiger charge is 2.35. The SMILES string of the molecule is CC.CC.CC(C)(C)CC(C)(C)CC(=O)NC(C)(C)CC(C)(C)NC(=O)CC(C)(C)CC(C)(C)C. The van der Waals surface area contributed by atoms with Gasteiger partial charge in [0, 0.05) is 23.9 Å². The van der Waals surface area contributed by atoms with Gasteiger partial charge in [0.1, 0.15) is 0 Å². The van der Waals surface area contributed by atoms with Gasteiger partial charge < -0.3 is 10.6 Å². The van der Waals surface area contributed by atoms with E-state index >= 15 is 0 Å². The molecule has 212 valence electrons. The molecule has 0 fully saturated rings. The fourth-order valence-corrected chi connectivity index (χ4v) is 5.90. The van der Waals surface area contributed by atoms with Crippen molar-refractivity contribution in [1.29, 1.82) is 0 Å². The van der Waals surface area contributed by atoms with Crippen molar-refractivity contribution in [3.63, 3.8) is 0 Å². The second-order valence-corrected chi connectivity index (χ2v) is 15.2. The minimum absolute atomic E-state index is 0.0548. The van der Waals surface area contributed by atoms with Gasteiger partial charge in [-0.3, -0.25) is 9.59 Å². The van der Waals surface area contributed by atoms with Crippen molar-refractivity contribution in [1.82, 2.24) is 10.6 Å². The molecule has 0 rings (SSSR count). The Morgan fingerprint density at radius 2 is 0.686 bits per heavy atom. The summed E-state index contributed by atoms with van der Waals surface area (Å²) in [6, 6.07) is 0. The molecule has 0 atom stereocenters. The lowest BCUT2D eigenvalue weighted by Gasteiger charge is -2.38. The summed E-state index contributed by atoms with van der Waals surface area (Å²) in [5.41, 5.74) is -0.556. The zero-order valence-corrected chi connectivity index (χ0v) is 27.4. The van der Waals surface area contributed by atoms with Gasteiger partial charge in [-0.15, -0.1) is 0 Å². The van der Waals surface area contributed by atoms with Crippen LogP contribution < -0.4 is 10.6 Å². The predicted octanol–water partition coefficient (Wildman–Crippen LogP) is 8.92. The van der Waals surface area contributed by atoms with Crippen molar-refractivity contribution >= 4 is 11.8 Å². The van der Waals surface area contributed by atoms with Gasteiger partial charge in [-0.25, -0.2) is 0 Å². The molecule has 0 heterocycles. The van der Waals surface area contributed by atoms with Crippen LogP contribution in [0.25, 0.3) is 0 Å². The smallest absolute Gasteiger partial charge is 0.220 e. The molecule has 0 unspecified atom stereocenters. The number of hydrogen-bond acceptors (Lipinski definition) is 2. The number of nitrogens with one attached hydrogen (secondary N) is 2. The number of hydrogen-bond donors (Lipinski definition) is 2. The first-order chi connectivity index (χ1) is 15.3. The van der Waals surface area contributed by atoms with E-state index < -0.39 is 11.1 Å². The highest BCUT2D eigenvalue weighted by molar-refractivity contribution is 5.78. The summed E-state index contributed by atoms with van der Waals surface area (Å²) in [5.74, 6) is 0.153. The summed E-state index contributed by atoms with van der Waals surface area (Å²) >= 11 is 0. The number of amides is 2. The topological polar surface area (TPSA) is 58.2 Å². The van der Waals surface area contributed by atoms with Crippen LogP contribution in [0.5, 0.6) is 0 Å². The van der Waals surface area contributed by atoms with Crippen LogP contribution in [0.1, 0.15) is 157 Å². The Balaban J connectivity index is -0.00000242. The normalized spacial score (nSPS) is 13.1. The van der Waals surface area contributed by atoms with Crippen LogP contribution >= 0.6 is 0 Å². The molecular weight excluding hydrogens is 432 g/mol. The third-order valence-electron chi connectivity index (χ3n) is 5.14. The zero-order chi connectivity index (χ0) is 29.1. The monoisotopic (exact) mass is 499 g/mol. The summed E-state index contributed by atoms with van der Waals surface area (Å²) < 4.78 is 0. The van der Waals surface area contributed by atoms with E-state index in [4.69, 9.17) is 0 Å². The average molecular weight is 499 g/mol. The predicted molar refractivity (Wildman–Crippen MR) is 157 cm³/mol. The van der Waals surface area contributed by atoms with E-state index in [-0.39, 0.29) is 33.5 Å². The summed E-state index contributed by atoms with van der Waals surface area (Å²) in [6.07, 6.45) is 3.64. The first kappa shape index (κ1) is 38.5. The molecule has 4 heteroatoms. The first-order valence-electron chi connectivity index (χ1n) is 13.9. The van der Waals surface area contributed by atoms with E-state index in [9.17, 15) is 9.59 Å². The Bertz CT molecular complexity index is 561. The van der Waals surface area contributed by atoms with E-state index in [1.165, 1.54) is 0 Å². The quantitative estimate of drug-likeness (QED) is 0.316. The molecule has 0 aromatic carbocycles. The molecular formula is C31H66N2O2. The maximum absolute atomic E-state index is 12.8. The molecule has 2 N–H and O–H groups in total. The third-order valence-corrected chi connectivity index (χ3v) is 5.14. The Kier molecular flexibility index (Phi) is 16.1. The van der Waals surface area contributed by atoms with Crippen LogP contribution in [-0.2, 0) is 9.59 Å². The number of carbonyl (C=O) groups excluding carboxylic acids is 2. The van der Waals surface area contributed by atoms with Gasteiger partial charge >= 0.3 is 0 Å². The molecule has 0 aromatic rings. The average Bonchev–Trinajstić information content (AvgIpc) is 2.49. The Hall–Kier alpha value is -1.06. The van der Waals surface area contributed by atoms with Gasteiger partial charge in [-0.1, -0.05) is 96.9 Å². The van der Waals surface area contributed by atoms with Crippen molar-refractivity contribution in [3.05, 3.63) is 0 Å². The van der Waals surface area contributed by atoms with Crippen LogP contribution in [0.15, 0.2) is 0 Å². The molecule has 0 aliphatic carbocycles. The second kappa shape index (κ2) is 14.6. The molecule has 0 bridgehead atoms. The van der Waals surface area contributed by atoms with E-state index in [0.717, 1.165) is 12.8 Å². The highest BCUT2D eigenvalue weighted by Crippen LogP contribution is 2.37. The standard InChI is InChI=1S/C27H54N2O2.2C2H6/c1-22(2,3)17-24(7,8)15-20(30)28-26(11,12)19-27(13,14)29-21(31)16-25(9,10)18-23(4,5)6;2*1-2/h15-19H2,1-14H3,(H,28,30)(H,29,31);2*1-2H3. The van der Waals surface area contributed by atoms with Crippen LogP contribution in [0.4, 0.5) is 0 Å². The molecule has 0 saturated carbocycles. The van der Waals surface area contributed by atoms with Crippen LogP contribution in [-0.4, -0.2) is 22.9 Å². The Morgan fingerprint density at radius 3 is 0.886 bits per heavy atom. The van der Waals surface area contributed by atoms with E-state index in [1.54, 1.807) is 0 Å². The minimum atomic E-state index is -0.410. The van der Waals surface area contributed by atoms with Crippen LogP contribution in [0.3, 0.4) is 0 Å². The molecule has 35 heavy (non-hydrogen) atoms. The maximum Gasteiger partial charge on any atom is 0.220 e. The lowest BCUT2D eigenvalue weighted by molar-refractivity contribution is -0.125. The number of rotatable bonds is 10. The van der Waals surface area contributed by atoms with Gasteiger partial charge in [-0.2, -0.15) is 0 Å². The summed E-state index contributed by atoms with van der Waals surface area (Å²) in [7, 11) is 0. The minimum Gasteiger partial charge on any atom is -0.351 e. The lowest BCUT2D eigenvalue weighted by Crippen LogP contribution is -2.54. The van der Waals surface area contributed by atoms with Gasteiger partial charge in [0.05, 0.1) is 0 Å². The molecule has 0 aromatic heterocycles. The fraction of sp³-hybridized carbons (Fsp3) is 0.935. The van der Waals surface area contributed by atoms with Crippen molar-refractivity contribution < 1.29 is 9.59 Å². The summed E-state index contributed by atoms with van der Waals surface area (Å²) in [4.78, 5) is 25.6. The molecule has 0 spiro atoms. The molecule has 0 radical (unpaired) electrons. The van der Waals surface area contributed by atoms with Crippen molar-refractivity contribution in [2.45, 2.75) is 168 Å². The van der Waals surface area contributed by atoms with Crippen molar-refractivity contribution in [2.24, 2.45) is 21.7 Å². The summed E-state index contributed by atoms with van der Waals surface area (Å²) in [6.45, 7) is 38.1. The van der Waals surface area contributed by atoms with Gasteiger partial charge in [0.25, 0.3) is 0 Å². The zero-order valence-electron chi connectivity index (χ0n) is 27.4. The molecule has 0 saturated heterocycles. The molecule has 4 nitrogen and oxygen atoms in total. The first-order valence-corrected chi connectivity index (χ1v) is 13.9. The largest absolute Gasteiger partial charge is 0.351 e. The molecule has 2 amide bonds. The highest BCUT2D eigenvalue weighted by atomic mass is 16.2. The van der Waals surface area contributed by atoms with Crippen molar-refractivity contribution in [3.8, 4) is 0 Å². The lowest BCUT2D eigenvalue weighted by atomic mass is 9.74. The van der Waals surface area contributed by atoms with Crippen LogP contribution in [0, 0.1) is 21.7 Å². The van der Waals surface area contributed by atoms with Crippen LogP contribution in [0.2, 0.25) is 0 Å². The Labute approximate surface area is 221 Å². The van der Waals surface area contributed by atoms with E-state index in [0.29, 0.717) is 19.3 Å². The fourth-order valence-electron chi connectivity index (χ4n) is 5.90. The van der Waals surface area contributed by atoms with E-state index in [1.807, 2.05) is 55.4 Å². The third kappa shape index (κ3) is 23.1.